The summed E-state index contributed by atoms with van der Waals surface area (Å²) in [5.41, 5.74) is 1.39. The summed E-state index contributed by atoms with van der Waals surface area (Å²) < 4.78 is 0. The molecule has 3 nitrogen and oxygen atoms in total. The van der Waals surface area contributed by atoms with E-state index in [1.807, 2.05) is 0 Å². The number of hydrogen-bond acceptors (Lipinski definition) is 3. The zero-order valence-electron chi connectivity index (χ0n) is 12.7. The Kier molecular flexibility index (Phi) is 4.54. The van der Waals surface area contributed by atoms with E-state index in [0.717, 1.165) is 32.6 Å². The van der Waals surface area contributed by atoms with Gasteiger partial charge in [-0.05, 0) is 29.8 Å². The van der Waals surface area contributed by atoms with Crippen molar-refractivity contribution in [1.29, 1.82) is 0 Å². The molecule has 1 saturated heterocycles. The third kappa shape index (κ3) is 3.26. The van der Waals surface area contributed by atoms with E-state index in [2.05, 4.69) is 59.3 Å². The quantitative estimate of drug-likeness (QED) is 0.933. The lowest BCUT2D eigenvalue weighted by Gasteiger charge is -2.40. The largest absolute Gasteiger partial charge is 0.396 e. The maximum Gasteiger partial charge on any atom is 0.0446 e. The molecule has 0 radical (unpaired) electrons. The van der Waals surface area contributed by atoms with Crippen LogP contribution in [0.4, 0.5) is 0 Å². The second kappa shape index (κ2) is 6.56. The Labute approximate surface area is 126 Å². The Morgan fingerprint density at radius 2 is 1.90 bits per heavy atom. The maximum atomic E-state index is 9.32. The van der Waals surface area contributed by atoms with Crippen LogP contribution in [0.15, 0.2) is 42.5 Å². The third-order valence-corrected chi connectivity index (χ3v) is 4.52. The molecule has 0 saturated carbocycles. The van der Waals surface area contributed by atoms with Gasteiger partial charge in [0.2, 0.25) is 0 Å². The summed E-state index contributed by atoms with van der Waals surface area (Å²) in [4.78, 5) is 4.89. The average Bonchev–Trinajstić information content (AvgIpc) is 2.50. The van der Waals surface area contributed by atoms with Crippen LogP contribution in [0.1, 0.15) is 12.0 Å². The van der Waals surface area contributed by atoms with Crippen molar-refractivity contribution in [1.82, 2.24) is 9.80 Å². The number of piperazine rings is 1. The second-order valence-electron chi connectivity index (χ2n) is 6.04. The Bertz CT molecular complexity index is 593. The van der Waals surface area contributed by atoms with Crippen LogP contribution in [0.2, 0.25) is 0 Å². The Hall–Kier alpha value is -1.42. The predicted molar refractivity (Wildman–Crippen MR) is 87.3 cm³/mol. The molecule has 0 amide bonds. The van der Waals surface area contributed by atoms with Crippen LogP contribution in [-0.4, -0.2) is 54.2 Å². The molecular formula is C18H24N2O. The molecule has 0 aliphatic carbocycles. The highest BCUT2D eigenvalue weighted by molar-refractivity contribution is 5.85. The van der Waals surface area contributed by atoms with Gasteiger partial charge in [0.05, 0.1) is 0 Å². The first-order valence-corrected chi connectivity index (χ1v) is 7.78. The van der Waals surface area contributed by atoms with E-state index in [1.54, 1.807) is 0 Å². The van der Waals surface area contributed by atoms with Gasteiger partial charge in [-0.1, -0.05) is 42.5 Å². The molecule has 1 N–H and O–H groups in total. The molecule has 1 heterocycles. The number of aliphatic hydroxyl groups is 1. The minimum Gasteiger partial charge on any atom is -0.396 e. The van der Waals surface area contributed by atoms with Gasteiger partial charge < -0.3 is 10.0 Å². The molecule has 3 rings (SSSR count). The van der Waals surface area contributed by atoms with Gasteiger partial charge in [0.25, 0.3) is 0 Å². The van der Waals surface area contributed by atoms with Crippen LogP contribution in [0, 0.1) is 0 Å². The van der Waals surface area contributed by atoms with Gasteiger partial charge in [-0.3, -0.25) is 4.90 Å². The summed E-state index contributed by atoms with van der Waals surface area (Å²) in [5.74, 6) is 0. The highest BCUT2D eigenvalue weighted by Gasteiger charge is 2.24. The molecule has 2 aromatic rings. The van der Waals surface area contributed by atoms with Crippen LogP contribution in [0.25, 0.3) is 10.8 Å². The lowest BCUT2D eigenvalue weighted by molar-refractivity contribution is 0.0670. The van der Waals surface area contributed by atoms with Gasteiger partial charge in [0.1, 0.15) is 0 Å². The molecule has 112 valence electrons. The molecule has 1 aliphatic heterocycles. The average molecular weight is 284 g/mol. The van der Waals surface area contributed by atoms with Crippen LogP contribution in [0.5, 0.6) is 0 Å². The summed E-state index contributed by atoms with van der Waals surface area (Å²) in [6, 6.07) is 15.6. The number of likely N-dealkylation sites (N-methyl/N-ethyl adjacent to an activating group) is 1. The first-order valence-electron chi connectivity index (χ1n) is 7.78. The van der Waals surface area contributed by atoms with Crippen molar-refractivity contribution in [3.8, 4) is 0 Å². The highest BCUT2D eigenvalue weighted by atomic mass is 16.3. The summed E-state index contributed by atoms with van der Waals surface area (Å²) in [6.45, 7) is 4.47. The minimum atomic E-state index is 0.268. The van der Waals surface area contributed by atoms with Gasteiger partial charge in [-0.15, -0.1) is 0 Å². The van der Waals surface area contributed by atoms with E-state index in [9.17, 15) is 5.11 Å². The fourth-order valence-corrected chi connectivity index (χ4v) is 3.33. The van der Waals surface area contributed by atoms with Crippen molar-refractivity contribution in [2.24, 2.45) is 0 Å². The number of benzene rings is 2. The topological polar surface area (TPSA) is 26.7 Å². The third-order valence-electron chi connectivity index (χ3n) is 4.52. The minimum absolute atomic E-state index is 0.268. The lowest BCUT2D eigenvalue weighted by Crippen LogP contribution is -2.51. The van der Waals surface area contributed by atoms with E-state index < -0.39 is 0 Å². The van der Waals surface area contributed by atoms with Gasteiger partial charge >= 0.3 is 0 Å². The number of rotatable bonds is 4. The molecule has 2 aromatic carbocycles. The zero-order chi connectivity index (χ0) is 14.7. The maximum absolute atomic E-state index is 9.32. The fourth-order valence-electron chi connectivity index (χ4n) is 3.33. The fraction of sp³-hybridized carbons (Fsp3) is 0.444. The summed E-state index contributed by atoms with van der Waals surface area (Å²) in [5, 5.41) is 12.0. The molecule has 1 aliphatic rings. The number of fused-ring (bicyclic) bond motifs is 1. The molecule has 3 heteroatoms. The molecule has 1 atom stereocenters. The Morgan fingerprint density at radius 3 is 2.76 bits per heavy atom. The number of nitrogens with zero attached hydrogens (tertiary/aromatic N) is 2. The SMILES string of the molecule is CN1CCN(Cc2cccc3ccccc23)[C@@H](CCO)C1. The Balaban J connectivity index is 1.83. The molecule has 0 unspecified atom stereocenters. The van der Waals surface area contributed by atoms with Gasteiger partial charge in [-0.25, -0.2) is 0 Å². The van der Waals surface area contributed by atoms with Crippen molar-refractivity contribution in [3.05, 3.63) is 48.0 Å². The van der Waals surface area contributed by atoms with Crippen LogP contribution < -0.4 is 0 Å². The van der Waals surface area contributed by atoms with Crippen LogP contribution in [-0.2, 0) is 6.54 Å². The normalized spacial score (nSPS) is 21.0. The number of aliphatic hydroxyl groups excluding tert-OH is 1. The van der Waals surface area contributed by atoms with E-state index in [1.165, 1.54) is 16.3 Å². The van der Waals surface area contributed by atoms with Crippen molar-refractivity contribution in [2.45, 2.75) is 19.0 Å². The van der Waals surface area contributed by atoms with Crippen molar-refractivity contribution < 1.29 is 5.11 Å². The van der Waals surface area contributed by atoms with E-state index in [-0.39, 0.29) is 6.61 Å². The predicted octanol–water partition coefficient (Wildman–Crippen LogP) is 2.34. The standard InChI is InChI=1S/C18H24N2O/c1-19-10-11-20(17(14-19)9-12-21)13-16-7-4-6-15-5-2-3-8-18(15)16/h2-8,17,21H,9-14H2,1H3/t17-/m0/s1. The lowest BCUT2D eigenvalue weighted by atomic mass is 10.0. The van der Waals surface area contributed by atoms with E-state index >= 15 is 0 Å². The van der Waals surface area contributed by atoms with Gasteiger partial charge in [0.15, 0.2) is 0 Å². The second-order valence-corrected chi connectivity index (χ2v) is 6.04. The van der Waals surface area contributed by atoms with Crippen molar-refractivity contribution in [2.75, 3.05) is 33.3 Å². The molecule has 0 aromatic heterocycles. The van der Waals surface area contributed by atoms with Crippen LogP contribution >= 0.6 is 0 Å². The summed E-state index contributed by atoms with van der Waals surface area (Å²) >= 11 is 0. The molecule has 0 bridgehead atoms. The highest BCUT2D eigenvalue weighted by Crippen LogP contribution is 2.22. The van der Waals surface area contributed by atoms with E-state index in [0.29, 0.717) is 6.04 Å². The summed E-state index contributed by atoms with van der Waals surface area (Å²) in [7, 11) is 2.17. The van der Waals surface area contributed by atoms with Crippen molar-refractivity contribution in [3.63, 3.8) is 0 Å². The molecule has 1 fully saturated rings. The Morgan fingerprint density at radius 1 is 1.10 bits per heavy atom. The first-order chi connectivity index (χ1) is 10.3. The molecule has 21 heavy (non-hydrogen) atoms. The zero-order valence-corrected chi connectivity index (χ0v) is 12.7. The summed E-state index contributed by atoms with van der Waals surface area (Å²) in [6.07, 6.45) is 0.856. The monoisotopic (exact) mass is 284 g/mol. The first kappa shape index (κ1) is 14.5. The van der Waals surface area contributed by atoms with E-state index in [4.69, 9.17) is 0 Å². The van der Waals surface area contributed by atoms with Gasteiger partial charge in [0, 0.05) is 38.8 Å². The van der Waals surface area contributed by atoms with Gasteiger partial charge in [-0.2, -0.15) is 0 Å². The van der Waals surface area contributed by atoms with Crippen molar-refractivity contribution >= 4 is 10.8 Å². The smallest absolute Gasteiger partial charge is 0.0446 e. The van der Waals surface area contributed by atoms with Crippen LogP contribution in [0.3, 0.4) is 0 Å². The molecular weight excluding hydrogens is 260 g/mol. The molecule has 0 spiro atoms. The number of hydrogen-bond donors (Lipinski definition) is 1.